The predicted molar refractivity (Wildman–Crippen MR) is 47.5 cm³/mol. The van der Waals surface area contributed by atoms with Crippen molar-refractivity contribution in [3.8, 4) is 0 Å². The van der Waals surface area contributed by atoms with Gasteiger partial charge in [-0.25, -0.2) is 0 Å². The van der Waals surface area contributed by atoms with Gasteiger partial charge in [-0.15, -0.1) is 0 Å². The maximum Gasteiger partial charge on any atom is 0.161 e. The van der Waals surface area contributed by atoms with Gasteiger partial charge in [-0.3, -0.25) is 4.79 Å². The zero-order chi connectivity index (χ0) is 8.55. The maximum absolute atomic E-state index is 11.5. The van der Waals surface area contributed by atoms with Gasteiger partial charge < -0.3 is 5.73 Å². The Bertz CT molecular complexity index is 299. The van der Waals surface area contributed by atoms with E-state index in [0.717, 1.165) is 5.57 Å². The van der Waals surface area contributed by atoms with E-state index in [1.807, 2.05) is 24.3 Å². The molecule has 0 amide bonds. The van der Waals surface area contributed by atoms with Gasteiger partial charge in [-0.05, 0) is 12.0 Å². The summed E-state index contributed by atoms with van der Waals surface area (Å²) in [6.45, 7) is 0. The average Bonchev–Trinajstić information content (AvgIpc) is 2.12. The molecule has 0 aromatic heterocycles. The molecule has 2 aliphatic rings. The summed E-state index contributed by atoms with van der Waals surface area (Å²) >= 11 is 0. The number of ketones is 1. The van der Waals surface area contributed by atoms with Gasteiger partial charge in [-0.2, -0.15) is 0 Å². The molecule has 0 bridgehead atoms. The lowest BCUT2D eigenvalue weighted by molar-refractivity contribution is -0.122. The van der Waals surface area contributed by atoms with Gasteiger partial charge in [0, 0.05) is 0 Å². The van der Waals surface area contributed by atoms with Gasteiger partial charge in [0.25, 0.3) is 0 Å². The Hall–Kier alpha value is -1.15. The normalized spacial score (nSPS) is 33.1. The molecule has 0 saturated heterocycles. The number of carbonyl (C=O) groups excluding carboxylic acids is 1. The fraction of sp³-hybridized carbons (Fsp3) is 0.300. The quantitative estimate of drug-likeness (QED) is 0.575. The molecule has 0 saturated carbocycles. The summed E-state index contributed by atoms with van der Waals surface area (Å²) in [6, 6.07) is -0.296. The number of hydrogen-bond acceptors (Lipinski definition) is 2. The Labute approximate surface area is 71.4 Å². The Kier molecular flexibility index (Phi) is 1.70. The van der Waals surface area contributed by atoms with E-state index in [0.29, 0.717) is 6.42 Å². The number of rotatable bonds is 0. The summed E-state index contributed by atoms with van der Waals surface area (Å²) < 4.78 is 0. The first-order valence-corrected chi connectivity index (χ1v) is 4.13. The van der Waals surface area contributed by atoms with Crippen molar-refractivity contribution in [1.29, 1.82) is 0 Å². The maximum atomic E-state index is 11.5. The monoisotopic (exact) mass is 161 g/mol. The van der Waals surface area contributed by atoms with Crippen molar-refractivity contribution >= 4 is 5.78 Å². The number of nitrogens with two attached hydrogens (primary N) is 1. The largest absolute Gasteiger partial charge is 0.321 e. The Morgan fingerprint density at radius 3 is 3.08 bits per heavy atom. The van der Waals surface area contributed by atoms with Crippen LogP contribution in [0.3, 0.4) is 0 Å². The van der Waals surface area contributed by atoms with Crippen LogP contribution in [0.25, 0.3) is 0 Å². The minimum atomic E-state index is -0.296. The standard InChI is InChI=1S/C10H11NO/c11-9-6-5-7-3-1-2-4-8(7)10(9)12/h1-5,8-9H,6,11H2. The molecular weight excluding hydrogens is 150 g/mol. The first-order valence-electron chi connectivity index (χ1n) is 4.13. The lowest BCUT2D eigenvalue weighted by Crippen LogP contribution is -2.38. The molecule has 0 aromatic carbocycles. The third kappa shape index (κ3) is 1.04. The van der Waals surface area contributed by atoms with E-state index in [1.165, 1.54) is 0 Å². The summed E-state index contributed by atoms with van der Waals surface area (Å²) in [6.07, 6.45) is 10.5. The molecule has 2 heteroatoms. The zero-order valence-electron chi connectivity index (χ0n) is 6.73. The summed E-state index contributed by atoms with van der Waals surface area (Å²) in [5.74, 6) is 0.0758. The number of fused-ring (bicyclic) bond motifs is 1. The second-order valence-corrected chi connectivity index (χ2v) is 3.17. The second kappa shape index (κ2) is 2.72. The molecule has 2 nitrogen and oxygen atoms in total. The molecule has 2 unspecified atom stereocenters. The highest BCUT2D eigenvalue weighted by Crippen LogP contribution is 2.25. The Morgan fingerprint density at radius 1 is 1.42 bits per heavy atom. The van der Waals surface area contributed by atoms with Crippen molar-refractivity contribution in [2.45, 2.75) is 12.5 Å². The lowest BCUT2D eigenvalue weighted by Gasteiger charge is -2.24. The van der Waals surface area contributed by atoms with Crippen molar-refractivity contribution < 1.29 is 4.79 Å². The molecule has 2 atom stereocenters. The molecule has 12 heavy (non-hydrogen) atoms. The molecule has 0 heterocycles. The molecule has 62 valence electrons. The van der Waals surface area contributed by atoms with Gasteiger partial charge in [0.1, 0.15) is 0 Å². The minimum absolute atomic E-state index is 0.0706. The first kappa shape index (κ1) is 7.50. The van der Waals surface area contributed by atoms with E-state index < -0.39 is 0 Å². The molecule has 0 aromatic rings. The minimum Gasteiger partial charge on any atom is -0.321 e. The van der Waals surface area contributed by atoms with Crippen molar-refractivity contribution in [1.82, 2.24) is 0 Å². The molecule has 2 rings (SSSR count). The van der Waals surface area contributed by atoms with Crippen molar-refractivity contribution in [3.63, 3.8) is 0 Å². The predicted octanol–water partition coefficient (Wildman–Crippen LogP) is 0.955. The summed E-state index contributed by atoms with van der Waals surface area (Å²) in [5, 5.41) is 0. The molecule has 0 radical (unpaired) electrons. The highest BCUT2D eigenvalue weighted by molar-refractivity contribution is 5.92. The summed E-state index contributed by atoms with van der Waals surface area (Å²) in [4.78, 5) is 11.5. The zero-order valence-corrected chi connectivity index (χ0v) is 6.73. The molecule has 2 aliphatic carbocycles. The number of carbonyl (C=O) groups is 1. The van der Waals surface area contributed by atoms with Crippen LogP contribution in [-0.2, 0) is 4.79 Å². The number of hydrogen-bond donors (Lipinski definition) is 1. The fourth-order valence-electron chi connectivity index (χ4n) is 1.62. The lowest BCUT2D eigenvalue weighted by atomic mass is 9.82. The molecule has 0 aliphatic heterocycles. The van der Waals surface area contributed by atoms with E-state index in [2.05, 4.69) is 6.08 Å². The van der Waals surface area contributed by atoms with E-state index in [1.54, 1.807) is 0 Å². The number of Topliss-reactive ketones (excluding diaryl/α,β-unsaturated/α-hetero) is 1. The van der Waals surface area contributed by atoms with Gasteiger partial charge in [0.2, 0.25) is 0 Å². The van der Waals surface area contributed by atoms with Crippen LogP contribution in [0.15, 0.2) is 36.0 Å². The van der Waals surface area contributed by atoms with Crippen LogP contribution in [-0.4, -0.2) is 11.8 Å². The SMILES string of the molecule is NC1CC=C2C=CC=CC2C1=O. The number of allylic oxidation sites excluding steroid dienone is 5. The van der Waals surface area contributed by atoms with Crippen LogP contribution in [0.5, 0.6) is 0 Å². The van der Waals surface area contributed by atoms with Gasteiger partial charge in [0.05, 0.1) is 12.0 Å². The van der Waals surface area contributed by atoms with Crippen molar-refractivity contribution in [2.24, 2.45) is 11.7 Å². The highest BCUT2D eigenvalue weighted by atomic mass is 16.1. The smallest absolute Gasteiger partial charge is 0.161 e. The van der Waals surface area contributed by atoms with Crippen LogP contribution in [0, 0.1) is 5.92 Å². The first-order chi connectivity index (χ1) is 5.79. The average molecular weight is 161 g/mol. The summed E-state index contributed by atoms with van der Waals surface area (Å²) in [7, 11) is 0. The fourth-order valence-corrected chi connectivity index (χ4v) is 1.62. The topological polar surface area (TPSA) is 43.1 Å². The third-order valence-corrected chi connectivity index (χ3v) is 2.34. The second-order valence-electron chi connectivity index (χ2n) is 3.17. The van der Waals surface area contributed by atoms with E-state index >= 15 is 0 Å². The van der Waals surface area contributed by atoms with Crippen LogP contribution < -0.4 is 5.73 Å². The Balaban J connectivity index is 2.36. The molecule has 2 N–H and O–H groups in total. The van der Waals surface area contributed by atoms with E-state index in [-0.39, 0.29) is 17.7 Å². The van der Waals surface area contributed by atoms with Crippen LogP contribution in [0.4, 0.5) is 0 Å². The van der Waals surface area contributed by atoms with Crippen LogP contribution >= 0.6 is 0 Å². The van der Waals surface area contributed by atoms with E-state index in [4.69, 9.17) is 5.73 Å². The summed E-state index contributed by atoms with van der Waals surface area (Å²) in [5.41, 5.74) is 6.73. The molecule has 0 fully saturated rings. The van der Waals surface area contributed by atoms with Gasteiger partial charge >= 0.3 is 0 Å². The van der Waals surface area contributed by atoms with Crippen molar-refractivity contribution in [2.75, 3.05) is 0 Å². The van der Waals surface area contributed by atoms with E-state index in [9.17, 15) is 4.79 Å². The highest BCUT2D eigenvalue weighted by Gasteiger charge is 2.28. The van der Waals surface area contributed by atoms with Crippen LogP contribution in [0.2, 0.25) is 0 Å². The van der Waals surface area contributed by atoms with Crippen molar-refractivity contribution in [3.05, 3.63) is 36.0 Å². The molecular formula is C10H11NO. The Morgan fingerprint density at radius 2 is 2.25 bits per heavy atom. The van der Waals surface area contributed by atoms with Gasteiger partial charge in [0.15, 0.2) is 5.78 Å². The van der Waals surface area contributed by atoms with Gasteiger partial charge in [-0.1, -0.05) is 30.4 Å². The van der Waals surface area contributed by atoms with Crippen LogP contribution in [0.1, 0.15) is 6.42 Å². The third-order valence-electron chi connectivity index (χ3n) is 2.34. The molecule has 0 spiro atoms.